The van der Waals surface area contributed by atoms with Gasteiger partial charge >= 0.3 is 0 Å². The van der Waals surface area contributed by atoms with Gasteiger partial charge in [0.25, 0.3) is 23.6 Å². The number of nitrogens with one attached hydrogen (secondary N) is 1. The molecule has 2 aromatic carbocycles. The van der Waals surface area contributed by atoms with Gasteiger partial charge in [0.1, 0.15) is 29.4 Å². The zero-order valence-corrected chi connectivity index (χ0v) is 36.3. The Morgan fingerprint density at radius 1 is 0.716 bits per heavy atom. The fourth-order valence-corrected chi connectivity index (χ4v) is 9.98. The summed E-state index contributed by atoms with van der Waals surface area (Å²) in [6, 6.07) is 5.26. The Kier molecular flexibility index (Phi) is 12.2. The maximum absolute atomic E-state index is 15.9. The highest BCUT2D eigenvalue weighted by Gasteiger charge is 2.47. The summed E-state index contributed by atoms with van der Waals surface area (Å²) in [6.07, 6.45) is 1.76. The van der Waals surface area contributed by atoms with Crippen molar-refractivity contribution in [1.82, 2.24) is 35.1 Å². The minimum atomic E-state index is -1.47. The Labute approximate surface area is 381 Å². The number of nitrogens with zero attached hydrogens (tertiary/aromatic N) is 9. The third kappa shape index (κ3) is 8.56. The first kappa shape index (κ1) is 44.9. The molecule has 0 aliphatic carbocycles. The van der Waals surface area contributed by atoms with Gasteiger partial charge in [-0.2, -0.15) is 0 Å². The monoisotopic (exact) mass is 923 g/mol. The smallest absolute Gasteiger partial charge is 0.262 e. The Bertz CT molecular complexity index is 2590. The van der Waals surface area contributed by atoms with Crippen molar-refractivity contribution < 1.29 is 51.9 Å². The molecule has 2 unspecified atom stereocenters. The summed E-state index contributed by atoms with van der Waals surface area (Å²) < 4.78 is 31.6. The predicted octanol–water partition coefficient (Wildman–Crippen LogP) is 0.586. The van der Waals surface area contributed by atoms with Gasteiger partial charge in [-0.1, -0.05) is 0 Å². The van der Waals surface area contributed by atoms with E-state index in [1.54, 1.807) is 17.0 Å². The number of anilines is 3. The van der Waals surface area contributed by atoms with Gasteiger partial charge in [0.15, 0.2) is 12.1 Å². The molecule has 3 aromatic rings. The van der Waals surface area contributed by atoms with E-state index in [9.17, 15) is 43.2 Å². The molecule has 7 heterocycles. The third-order valence-corrected chi connectivity index (χ3v) is 13.6. The van der Waals surface area contributed by atoms with Crippen LogP contribution >= 0.6 is 0 Å². The minimum Gasteiger partial charge on any atom is -0.370 e. The first-order chi connectivity index (χ1) is 32.2. The largest absolute Gasteiger partial charge is 0.370 e. The first-order valence-corrected chi connectivity index (χ1v) is 22.3. The third-order valence-electron chi connectivity index (χ3n) is 13.6. The lowest BCUT2D eigenvalue weighted by molar-refractivity contribution is -0.137. The molecule has 350 valence electrons. The highest BCUT2D eigenvalue weighted by molar-refractivity contribution is 6.24. The lowest BCUT2D eigenvalue weighted by atomic mass is 9.96. The van der Waals surface area contributed by atoms with Crippen molar-refractivity contribution in [2.24, 2.45) is 11.7 Å². The average Bonchev–Trinajstić information content (AvgIpc) is 3.70. The van der Waals surface area contributed by atoms with Crippen LogP contribution in [0.25, 0.3) is 0 Å². The topological polar surface area (TPSA) is 240 Å². The zero-order chi connectivity index (χ0) is 47.3. The number of carbonyl (C=O) groups excluding carboxylic acids is 9. The highest BCUT2D eigenvalue weighted by atomic mass is 19.1. The summed E-state index contributed by atoms with van der Waals surface area (Å²) in [5, 5.41) is 10.2. The number of benzene rings is 2. The van der Waals surface area contributed by atoms with Crippen molar-refractivity contribution in [3.05, 3.63) is 76.0 Å². The molecule has 0 bridgehead atoms. The lowest BCUT2D eigenvalue weighted by Crippen LogP contribution is -2.56. The fraction of sp³-hybridized carbons (Fsp3) is 0.444. The van der Waals surface area contributed by atoms with Gasteiger partial charge in [-0.3, -0.25) is 63.2 Å². The Hall–Kier alpha value is -7.23. The van der Waals surface area contributed by atoms with E-state index in [1.165, 1.54) is 17.0 Å². The highest BCUT2D eigenvalue weighted by Crippen LogP contribution is 2.36. The van der Waals surface area contributed by atoms with Crippen molar-refractivity contribution in [2.75, 3.05) is 86.7 Å². The molecule has 2 atom stereocenters. The SMILES string of the molecule is NC(=O)CCC(C(=O)N1CCN(c2cc3c(cc2F)C(=O)N(C2CCC(=O)NC2=O)C3=O)CC1)N1C(=O)c2cc(F)c(N3CCN(CC4CCN(c5ccc(C=O)nn5)CC4)CC3)cc2C1=O. The molecule has 0 saturated carbocycles. The quantitative estimate of drug-likeness (QED) is 0.187. The molecule has 6 aliphatic rings. The maximum atomic E-state index is 15.9. The Morgan fingerprint density at radius 2 is 1.28 bits per heavy atom. The molecule has 3 N–H and O–H groups in total. The van der Waals surface area contributed by atoms with E-state index < -0.39 is 71.0 Å². The summed E-state index contributed by atoms with van der Waals surface area (Å²) in [7, 11) is 0. The second-order valence-electron chi connectivity index (χ2n) is 17.6. The van der Waals surface area contributed by atoms with Gasteiger partial charge in [0, 0.05) is 84.8 Å². The summed E-state index contributed by atoms with van der Waals surface area (Å²) in [5.74, 6) is -6.50. The summed E-state index contributed by atoms with van der Waals surface area (Å²) >= 11 is 0. The number of hydrogen-bond acceptors (Lipinski definition) is 15. The van der Waals surface area contributed by atoms with Crippen LogP contribution in [-0.4, -0.2) is 167 Å². The molecule has 9 rings (SSSR count). The number of aromatic nitrogens is 2. The Morgan fingerprint density at radius 3 is 1.84 bits per heavy atom. The van der Waals surface area contributed by atoms with Gasteiger partial charge in [-0.05, 0) is 68.0 Å². The summed E-state index contributed by atoms with van der Waals surface area (Å²) in [6.45, 7) is 4.69. The molecule has 8 amide bonds. The van der Waals surface area contributed by atoms with E-state index in [0.717, 1.165) is 60.2 Å². The molecular weight excluding hydrogens is 877 g/mol. The first-order valence-electron chi connectivity index (χ1n) is 22.3. The molecule has 4 saturated heterocycles. The van der Waals surface area contributed by atoms with Crippen LogP contribution in [0.4, 0.5) is 26.0 Å². The van der Waals surface area contributed by atoms with Crippen LogP contribution in [0.3, 0.4) is 0 Å². The van der Waals surface area contributed by atoms with E-state index in [0.29, 0.717) is 38.4 Å². The van der Waals surface area contributed by atoms with Gasteiger partial charge in [-0.15, -0.1) is 10.2 Å². The van der Waals surface area contributed by atoms with Gasteiger partial charge in [0.2, 0.25) is 23.6 Å². The summed E-state index contributed by atoms with van der Waals surface area (Å²) in [5.41, 5.74) is 5.24. The molecule has 67 heavy (non-hydrogen) atoms. The molecule has 1 aromatic heterocycles. The van der Waals surface area contributed by atoms with Crippen LogP contribution in [0, 0.1) is 17.6 Å². The van der Waals surface area contributed by atoms with Crippen molar-refractivity contribution >= 4 is 70.7 Å². The molecule has 22 heteroatoms. The van der Waals surface area contributed by atoms with E-state index in [1.807, 2.05) is 4.90 Å². The molecule has 20 nitrogen and oxygen atoms in total. The van der Waals surface area contributed by atoms with E-state index in [2.05, 4.69) is 25.3 Å². The Balaban J connectivity index is 0.828. The number of primary amides is 1. The van der Waals surface area contributed by atoms with Gasteiger partial charge in [0.05, 0.1) is 33.6 Å². The van der Waals surface area contributed by atoms with Gasteiger partial charge < -0.3 is 25.3 Å². The van der Waals surface area contributed by atoms with Crippen LogP contribution in [0.5, 0.6) is 0 Å². The summed E-state index contributed by atoms with van der Waals surface area (Å²) in [4.78, 5) is 127. The normalized spacial score (nSPS) is 21.0. The van der Waals surface area contributed by atoms with E-state index in [-0.39, 0.29) is 91.2 Å². The number of halogens is 2. The fourth-order valence-electron chi connectivity index (χ4n) is 9.98. The predicted molar refractivity (Wildman–Crippen MR) is 232 cm³/mol. The van der Waals surface area contributed by atoms with Crippen molar-refractivity contribution in [2.45, 2.75) is 50.6 Å². The molecule has 6 aliphatic heterocycles. The average molecular weight is 924 g/mol. The van der Waals surface area contributed by atoms with Crippen LogP contribution in [-0.2, 0) is 19.2 Å². The van der Waals surface area contributed by atoms with Gasteiger partial charge in [-0.25, -0.2) is 8.78 Å². The number of fused-ring (bicyclic) bond motifs is 2. The number of carbonyl (C=O) groups is 9. The lowest BCUT2D eigenvalue weighted by Gasteiger charge is -2.39. The van der Waals surface area contributed by atoms with Crippen molar-refractivity contribution in [1.29, 1.82) is 0 Å². The second kappa shape index (κ2) is 18.2. The second-order valence-corrected chi connectivity index (χ2v) is 17.6. The number of hydrogen-bond donors (Lipinski definition) is 2. The van der Waals surface area contributed by atoms with Crippen molar-refractivity contribution in [3.63, 3.8) is 0 Å². The maximum Gasteiger partial charge on any atom is 0.262 e. The van der Waals surface area contributed by atoms with Crippen LogP contribution in [0.15, 0.2) is 36.4 Å². The zero-order valence-electron chi connectivity index (χ0n) is 36.3. The number of imide groups is 3. The standard InChI is InChI=1S/C45H47F2N11O9/c46-31-20-28-30(22-35(31)53-13-11-52(12-14-53)23-25-7-9-55(10-8-25)38-5-1-26(24-59)50-51-38)44(66)58(42(28)64)34(2-4-37(48)60)45(67)56-17-15-54(16-18-56)36-21-29-27(19-32(36)47)41(63)57(43(29)65)33-3-6-39(61)49-40(33)62/h1,5,19-22,24-25,33-34H,2-4,6-18,23H2,(H2,48,60)(H,49,61,62). The number of amides is 8. The molecule has 4 fully saturated rings. The number of aldehydes is 1. The number of nitrogens with two attached hydrogens (primary N) is 1. The van der Waals surface area contributed by atoms with E-state index in [4.69, 9.17) is 5.73 Å². The number of rotatable bonds is 12. The molecular formula is C45H47F2N11O9. The minimum absolute atomic E-state index is 0.0287. The molecule has 0 radical (unpaired) electrons. The number of piperidine rings is 2. The number of piperazine rings is 2. The molecule has 0 spiro atoms. The van der Waals surface area contributed by atoms with E-state index >= 15 is 8.78 Å². The van der Waals surface area contributed by atoms with Crippen LogP contribution in [0.2, 0.25) is 0 Å². The van der Waals surface area contributed by atoms with Crippen LogP contribution < -0.4 is 25.8 Å². The van der Waals surface area contributed by atoms with Crippen molar-refractivity contribution in [3.8, 4) is 0 Å². The van der Waals surface area contributed by atoms with Crippen LogP contribution in [0.1, 0.15) is 90.4 Å².